The Labute approximate surface area is 69.0 Å². The Morgan fingerprint density at radius 3 is 2.91 bits per heavy atom. The Balaban J connectivity index is 2.19. The van der Waals surface area contributed by atoms with Gasteiger partial charge in [0.25, 0.3) is 0 Å². The number of Topliss-reactive ketones (excluding diaryl/α,β-unsaturated/α-hetero) is 1. The number of fused-ring (bicyclic) bond motifs is 1. The first kappa shape index (κ1) is 5.95. The van der Waals surface area contributed by atoms with E-state index in [1.54, 1.807) is 11.3 Å². The number of carbonyl (C=O) groups excluding carboxylic acids is 1. The predicted molar refractivity (Wildman–Crippen MR) is 44.0 cm³/mol. The van der Waals surface area contributed by atoms with Crippen molar-refractivity contribution in [2.75, 3.05) is 0 Å². The van der Waals surface area contributed by atoms with E-state index < -0.39 is 0 Å². The zero-order valence-electron chi connectivity index (χ0n) is 6.09. The first-order valence-electron chi connectivity index (χ1n) is 3.93. The summed E-state index contributed by atoms with van der Waals surface area (Å²) in [4.78, 5) is 12.7. The van der Waals surface area contributed by atoms with Gasteiger partial charge in [0.15, 0.2) is 5.78 Å². The molecule has 1 heterocycles. The number of hydrogen-bond donors (Lipinski definition) is 0. The third-order valence-electron chi connectivity index (χ3n) is 2.82. The van der Waals surface area contributed by atoms with Crippen LogP contribution < -0.4 is 0 Å². The minimum absolute atomic E-state index is 0.114. The quantitative estimate of drug-likeness (QED) is 0.575. The van der Waals surface area contributed by atoms with Crippen molar-refractivity contribution < 1.29 is 4.79 Å². The van der Waals surface area contributed by atoms with Crippen molar-refractivity contribution >= 4 is 17.1 Å². The Hall–Kier alpha value is -0.630. The summed E-state index contributed by atoms with van der Waals surface area (Å²) in [5, 5.41) is 2.03. The molecule has 0 bridgehead atoms. The number of carbonyl (C=O) groups is 1. The summed E-state index contributed by atoms with van der Waals surface area (Å²) in [6.07, 6.45) is 3.30. The van der Waals surface area contributed by atoms with Crippen LogP contribution in [0.4, 0.5) is 0 Å². The average Bonchev–Trinajstić information content (AvgIpc) is 2.53. The van der Waals surface area contributed by atoms with Crippen LogP contribution in [0.1, 0.15) is 28.1 Å². The van der Waals surface area contributed by atoms with Crippen LogP contribution in [-0.2, 0) is 6.42 Å². The van der Waals surface area contributed by atoms with Gasteiger partial charge in [0.2, 0.25) is 0 Å². The van der Waals surface area contributed by atoms with E-state index in [0.29, 0.717) is 5.78 Å². The smallest absolute Gasteiger partial charge is 0.179 e. The Kier molecular flexibility index (Phi) is 0.856. The SMILES string of the molecule is O=C1c2sccc2CC12CC2. The van der Waals surface area contributed by atoms with Gasteiger partial charge in [0, 0.05) is 5.41 Å². The van der Waals surface area contributed by atoms with Gasteiger partial charge in [-0.25, -0.2) is 0 Å². The predicted octanol–water partition coefficient (Wildman–Crippen LogP) is 2.27. The van der Waals surface area contributed by atoms with E-state index in [1.807, 2.05) is 5.38 Å². The lowest BCUT2D eigenvalue weighted by Gasteiger charge is -1.99. The lowest BCUT2D eigenvalue weighted by Crippen LogP contribution is -2.08. The number of ketones is 1. The van der Waals surface area contributed by atoms with E-state index in [0.717, 1.165) is 24.1 Å². The molecule has 2 heteroatoms. The van der Waals surface area contributed by atoms with Gasteiger partial charge in [-0.15, -0.1) is 11.3 Å². The highest BCUT2D eigenvalue weighted by molar-refractivity contribution is 7.12. The van der Waals surface area contributed by atoms with E-state index in [9.17, 15) is 4.79 Å². The molecule has 2 aliphatic carbocycles. The second-order valence-electron chi connectivity index (χ2n) is 3.56. The van der Waals surface area contributed by atoms with Crippen molar-refractivity contribution in [3.63, 3.8) is 0 Å². The molecule has 0 radical (unpaired) electrons. The van der Waals surface area contributed by atoms with E-state index in [-0.39, 0.29) is 5.41 Å². The zero-order chi connectivity index (χ0) is 7.47. The fourth-order valence-electron chi connectivity index (χ4n) is 1.91. The standard InChI is InChI=1S/C9H8OS/c10-8-7-6(1-4-11-7)5-9(8)2-3-9/h1,4H,2-3,5H2. The molecule has 0 aliphatic heterocycles. The van der Waals surface area contributed by atoms with Gasteiger partial charge in [-0.05, 0) is 36.3 Å². The van der Waals surface area contributed by atoms with Crippen LogP contribution in [0.2, 0.25) is 0 Å². The summed E-state index contributed by atoms with van der Waals surface area (Å²) in [5.41, 5.74) is 1.42. The van der Waals surface area contributed by atoms with Gasteiger partial charge in [-0.2, -0.15) is 0 Å². The van der Waals surface area contributed by atoms with Gasteiger partial charge in [0.05, 0.1) is 4.88 Å². The van der Waals surface area contributed by atoms with Gasteiger partial charge < -0.3 is 0 Å². The van der Waals surface area contributed by atoms with Crippen LogP contribution in [0.25, 0.3) is 0 Å². The maximum atomic E-state index is 11.7. The Bertz CT molecular complexity index is 333. The second kappa shape index (κ2) is 1.58. The van der Waals surface area contributed by atoms with Crippen molar-refractivity contribution in [2.24, 2.45) is 5.41 Å². The van der Waals surface area contributed by atoms with Crippen LogP contribution in [0.15, 0.2) is 11.4 Å². The van der Waals surface area contributed by atoms with Crippen molar-refractivity contribution in [1.29, 1.82) is 0 Å². The van der Waals surface area contributed by atoms with E-state index in [1.165, 1.54) is 5.56 Å². The van der Waals surface area contributed by atoms with Crippen LogP contribution in [0.3, 0.4) is 0 Å². The third-order valence-corrected chi connectivity index (χ3v) is 3.77. The summed E-state index contributed by atoms with van der Waals surface area (Å²) in [7, 11) is 0. The van der Waals surface area contributed by atoms with Crippen LogP contribution in [0.5, 0.6) is 0 Å². The summed E-state index contributed by atoms with van der Waals surface area (Å²) in [6.45, 7) is 0. The molecule has 1 spiro atoms. The summed E-state index contributed by atoms with van der Waals surface area (Å²) in [6, 6.07) is 2.10. The second-order valence-corrected chi connectivity index (χ2v) is 4.48. The minimum Gasteiger partial charge on any atom is -0.293 e. The molecule has 1 fully saturated rings. The molecule has 0 N–H and O–H groups in total. The van der Waals surface area contributed by atoms with Crippen LogP contribution in [-0.4, -0.2) is 5.78 Å². The van der Waals surface area contributed by atoms with E-state index >= 15 is 0 Å². The first-order chi connectivity index (χ1) is 5.32. The number of rotatable bonds is 0. The Morgan fingerprint density at radius 2 is 2.27 bits per heavy atom. The van der Waals surface area contributed by atoms with Crippen LogP contribution >= 0.6 is 11.3 Å². The molecule has 1 saturated carbocycles. The normalized spacial score (nSPS) is 24.2. The van der Waals surface area contributed by atoms with Crippen molar-refractivity contribution in [3.8, 4) is 0 Å². The molecule has 2 aliphatic rings. The third kappa shape index (κ3) is 0.590. The van der Waals surface area contributed by atoms with Gasteiger partial charge in [-0.3, -0.25) is 4.79 Å². The lowest BCUT2D eigenvalue weighted by atomic mass is 10.0. The molecular formula is C9H8OS. The molecule has 0 amide bonds. The number of hydrogen-bond acceptors (Lipinski definition) is 2. The molecule has 0 unspecified atom stereocenters. The highest BCUT2D eigenvalue weighted by Crippen LogP contribution is 2.56. The molecule has 56 valence electrons. The molecular weight excluding hydrogens is 156 g/mol. The van der Waals surface area contributed by atoms with Crippen molar-refractivity contribution in [3.05, 3.63) is 21.9 Å². The largest absolute Gasteiger partial charge is 0.293 e. The van der Waals surface area contributed by atoms with Gasteiger partial charge >= 0.3 is 0 Å². The Morgan fingerprint density at radius 1 is 1.45 bits per heavy atom. The highest BCUT2D eigenvalue weighted by Gasteiger charge is 2.54. The maximum Gasteiger partial charge on any atom is 0.179 e. The fourth-order valence-corrected chi connectivity index (χ4v) is 2.90. The molecule has 1 aromatic heterocycles. The summed E-state index contributed by atoms with van der Waals surface area (Å²) >= 11 is 1.61. The molecule has 3 rings (SSSR count). The van der Waals surface area contributed by atoms with Gasteiger partial charge in [0.1, 0.15) is 0 Å². The van der Waals surface area contributed by atoms with Crippen LogP contribution in [0, 0.1) is 5.41 Å². The average molecular weight is 164 g/mol. The lowest BCUT2D eigenvalue weighted by molar-refractivity contribution is 0.0922. The topological polar surface area (TPSA) is 17.1 Å². The highest BCUT2D eigenvalue weighted by atomic mass is 32.1. The van der Waals surface area contributed by atoms with Crippen molar-refractivity contribution in [2.45, 2.75) is 19.3 Å². The fraction of sp³-hybridized carbons (Fsp3) is 0.444. The molecule has 11 heavy (non-hydrogen) atoms. The summed E-state index contributed by atoms with van der Waals surface area (Å²) < 4.78 is 0. The van der Waals surface area contributed by atoms with E-state index in [4.69, 9.17) is 0 Å². The van der Waals surface area contributed by atoms with Gasteiger partial charge in [-0.1, -0.05) is 0 Å². The maximum absolute atomic E-state index is 11.7. The first-order valence-corrected chi connectivity index (χ1v) is 4.81. The monoisotopic (exact) mass is 164 g/mol. The molecule has 0 aromatic carbocycles. The molecule has 1 nitrogen and oxygen atoms in total. The van der Waals surface area contributed by atoms with Crippen molar-refractivity contribution in [1.82, 2.24) is 0 Å². The summed E-state index contributed by atoms with van der Waals surface area (Å²) in [5.74, 6) is 0.433. The zero-order valence-corrected chi connectivity index (χ0v) is 6.91. The molecule has 0 atom stereocenters. The number of thiophene rings is 1. The van der Waals surface area contributed by atoms with E-state index in [2.05, 4.69) is 6.07 Å². The molecule has 0 saturated heterocycles. The molecule has 1 aromatic rings. The minimum atomic E-state index is 0.114.